The van der Waals surface area contributed by atoms with Gasteiger partial charge in [0.05, 0.1) is 6.04 Å². The van der Waals surface area contributed by atoms with Crippen molar-refractivity contribution < 1.29 is 0 Å². The van der Waals surface area contributed by atoms with Gasteiger partial charge in [0.25, 0.3) is 0 Å². The van der Waals surface area contributed by atoms with Gasteiger partial charge >= 0.3 is 0 Å². The van der Waals surface area contributed by atoms with Crippen LogP contribution in [0.3, 0.4) is 0 Å². The second-order valence-corrected chi connectivity index (χ2v) is 5.21. The Morgan fingerprint density at radius 2 is 1.94 bits per heavy atom. The van der Waals surface area contributed by atoms with Crippen molar-refractivity contribution in [3.63, 3.8) is 0 Å². The highest BCUT2D eigenvalue weighted by Crippen LogP contribution is 2.25. The molecule has 2 rings (SSSR count). The number of aryl methyl sites for hydroxylation is 1. The van der Waals surface area contributed by atoms with Gasteiger partial charge in [0.1, 0.15) is 0 Å². The third kappa shape index (κ3) is 2.96. The predicted octanol–water partition coefficient (Wildman–Crippen LogP) is 4.01. The fourth-order valence-electron chi connectivity index (χ4n) is 2.09. The number of rotatable bonds is 5. The van der Waals surface area contributed by atoms with Gasteiger partial charge in [-0.1, -0.05) is 43.7 Å². The van der Waals surface area contributed by atoms with Crippen molar-refractivity contribution in [2.45, 2.75) is 25.8 Å². The van der Waals surface area contributed by atoms with Crippen molar-refractivity contribution in [3.8, 4) is 0 Å². The summed E-state index contributed by atoms with van der Waals surface area (Å²) in [4.78, 5) is 1.37. The predicted molar refractivity (Wildman–Crippen MR) is 75.7 cm³/mol. The second kappa shape index (κ2) is 5.99. The fourth-order valence-corrected chi connectivity index (χ4v) is 2.96. The molecule has 1 unspecified atom stereocenters. The summed E-state index contributed by atoms with van der Waals surface area (Å²) < 4.78 is 0. The van der Waals surface area contributed by atoms with Crippen molar-refractivity contribution in [3.05, 3.63) is 57.8 Å². The van der Waals surface area contributed by atoms with Crippen molar-refractivity contribution >= 4 is 11.3 Å². The maximum Gasteiger partial charge on any atom is 0.0668 e. The number of hydrogen-bond acceptors (Lipinski definition) is 2. The fraction of sp³-hybridized carbons (Fsp3) is 0.333. The molecular formula is C15H19NS. The molecule has 1 heterocycles. The average molecular weight is 245 g/mol. The molecule has 1 aromatic heterocycles. The Bertz CT molecular complexity index is 430. The van der Waals surface area contributed by atoms with E-state index in [0.717, 1.165) is 0 Å². The maximum absolute atomic E-state index is 3.38. The molecule has 0 aliphatic heterocycles. The van der Waals surface area contributed by atoms with Crippen LogP contribution < -0.4 is 5.32 Å². The summed E-state index contributed by atoms with van der Waals surface area (Å²) in [6.45, 7) is 2.22. The summed E-state index contributed by atoms with van der Waals surface area (Å²) in [7, 11) is 2.02. The molecule has 0 amide bonds. The molecule has 0 aliphatic carbocycles. The summed E-state index contributed by atoms with van der Waals surface area (Å²) in [6, 6.07) is 13.6. The molecule has 2 heteroatoms. The lowest BCUT2D eigenvalue weighted by molar-refractivity contribution is 0.703. The van der Waals surface area contributed by atoms with E-state index < -0.39 is 0 Å². The molecule has 0 saturated carbocycles. The normalized spacial score (nSPS) is 12.6. The third-order valence-corrected chi connectivity index (χ3v) is 3.91. The molecule has 2 aromatic rings. The summed E-state index contributed by atoms with van der Waals surface area (Å²) in [5.74, 6) is 0. The minimum atomic E-state index is 0.325. The number of nitrogens with one attached hydrogen (secondary N) is 1. The largest absolute Gasteiger partial charge is 0.309 e. The first-order valence-electron chi connectivity index (χ1n) is 6.14. The third-order valence-electron chi connectivity index (χ3n) is 2.97. The zero-order chi connectivity index (χ0) is 12.1. The van der Waals surface area contributed by atoms with Crippen LogP contribution >= 0.6 is 11.3 Å². The van der Waals surface area contributed by atoms with Crippen LogP contribution in [0.1, 0.15) is 35.4 Å². The molecule has 1 atom stereocenters. The van der Waals surface area contributed by atoms with E-state index in [4.69, 9.17) is 0 Å². The SMILES string of the molecule is CCCc1ccc(C(NC)c2cccs2)cc1. The maximum atomic E-state index is 3.38. The minimum absolute atomic E-state index is 0.325. The van der Waals surface area contributed by atoms with Crippen LogP contribution in [0, 0.1) is 0 Å². The van der Waals surface area contributed by atoms with E-state index in [1.807, 2.05) is 7.05 Å². The molecule has 0 bridgehead atoms. The second-order valence-electron chi connectivity index (χ2n) is 4.23. The highest BCUT2D eigenvalue weighted by molar-refractivity contribution is 7.10. The number of hydrogen-bond donors (Lipinski definition) is 1. The quantitative estimate of drug-likeness (QED) is 0.839. The molecule has 0 fully saturated rings. The van der Waals surface area contributed by atoms with Crippen LogP contribution in [0.5, 0.6) is 0 Å². The van der Waals surface area contributed by atoms with Gasteiger partial charge in [-0.05, 0) is 36.0 Å². The lowest BCUT2D eigenvalue weighted by Gasteiger charge is -2.15. The van der Waals surface area contributed by atoms with Gasteiger partial charge in [0.2, 0.25) is 0 Å². The van der Waals surface area contributed by atoms with Crippen molar-refractivity contribution in [1.82, 2.24) is 5.32 Å². The standard InChI is InChI=1S/C15H19NS/c1-3-5-12-7-9-13(10-8-12)15(16-2)14-6-4-11-17-14/h4,6-11,15-16H,3,5H2,1-2H3. The highest BCUT2D eigenvalue weighted by atomic mass is 32.1. The van der Waals surface area contributed by atoms with E-state index in [9.17, 15) is 0 Å². The van der Waals surface area contributed by atoms with Crippen LogP contribution in [0.4, 0.5) is 0 Å². The molecule has 1 aromatic carbocycles. The molecule has 0 spiro atoms. The van der Waals surface area contributed by atoms with Gasteiger partial charge in [-0.3, -0.25) is 0 Å². The smallest absolute Gasteiger partial charge is 0.0668 e. The van der Waals surface area contributed by atoms with E-state index >= 15 is 0 Å². The van der Waals surface area contributed by atoms with Crippen LogP contribution in [0.25, 0.3) is 0 Å². The molecule has 0 aliphatic rings. The summed E-state index contributed by atoms with van der Waals surface area (Å²) in [6.07, 6.45) is 2.38. The van der Waals surface area contributed by atoms with E-state index in [1.54, 1.807) is 11.3 Å². The number of benzene rings is 1. The van der Waals surface area contributed by atoms with E-state index in [2.05, 4.69) is 54.0 Å². The van der Waals surface area contributed by atoms with Crippen molar-refractivity contribution in [1.29, 1.82) is 0 Å². The topological polar surface area (TPSA) is 12.0 Å². The first-order chi connectivity index (χ1) is 8.35. The molecule has 17 heavy (non-hydrogen) atoms. The number of thiophene rings is 1. The first-order valence-corrected chi connectivity index (χ1v) is 7.02. The van der Waals surface area contributed by atoms with Crippen molar-refractivity contribution in [2.75, 3.05) is 7.05 Å². The molecule has 1 nitrogen and oxygen atoms in total. The lowest BCUT2D eigenvalue weighted by Crippen LogP contribution is -2.16. The Hall–Kier alpha value is -1.12. The lowest BCUT2D eigenvalue weighted by atomic mass is 10.0. The van der Waals surface area contributed by atoms with Crippen LogP contribution in [0.2, 0.25) is 0 Å². The van der Waals surface area contributed by atoms with Gasteiger partial charge in [0, 0.05) is 4.88 Å². The highest BCUT2D eigenvalue weighted by Gasteiger charge is 2.12. The summed E-state index contributed by atoms with van der Waals surface area (Å²) >= 11 is 1.80. The van der Waals surface area contributed by atoms with Gasteiger partial charge in [-0.2, -0.15) is 0 Å². The van der Waals surface area contributed by atoms with Gasteiger partial charge in [-0.25, -0.2) is 0 Å². The Morgan fingerprint density at radius 1 is 1.18 bits per heavy atom. The minimum Gasteiger partial charge on any atom is -0.309 e. The van der Waals surface area contributed by atoms with E-state index in [0.29, 0.717) is 6.04 Å². The average Bonchev–Trinajstić information content (AvgIpc) is 2.86. The van der Waals surface area contributed by atoms with Crippen LogP contribution in [0.15, 0.2) is 41.8 Å². The zero-order valence-corrected chi connectivity index (χ0v) is 11.3. The van der Waals surface area contributed by atoms with Crippen LogP contribution in [-0.4, -0.2) is 7.05 Å². The van der Waals surface area contributed by atoms with Gasteiger partial charge < -0.3 is 5.32 Å². The monoisotopic (exact) mass is 245 g/mol. The van der Waals surface area contributed by atoms with E-state index in [1.165, 1.54) is 28.8 Å². The Labute approximate surface area is 108 Å². The van der Waals surface area contributed by atoms with Gasteiger partial charge in [0.15, 0.2) is 0 Å². The molecule has 90 valence electrons. The molecule has 0 radical (unpaired) electrons. The Kier molecular flexibility index (Phi) is 4.35. The van der Waals surface area contributed by atoms with E-state index in [-0.39, 0.29) is 0 Å². The molecule has 1 N–H and O–H groups in total. The Balaban J connectivity index is 2.20. The van der Waals surface area contributed by atoms with Gasteiger partial charge in [-0.15, -0.1) is 11.3 Å². The summed E-state index contributed by atoms with van der Waals surface area (Å²) in [5.41, 5.74) is 2.77. The van der Waals surface area contributed by atoms with Crippen molar-refractivity contribution in [2.24, 2.45) is 0 Å². The Morgan fingerprint density at radius 3 is 2.47 bits per heavy atom. The van der Waals surface area contributed by atoms with Crippen LogP contribution in [-0.2, 0) is 6.42 Å². The molecular weight excluding hydrogens is 226 g/mol. The first kappa shape index (κ1) is 12.3. The zero-order valence-electron chi connectivity index (χ0n) is 10.4. The molecule has 0 saturated heterocycles. The summed E-state index contributed by atoms with van der Waals surface area (Å²) in [5, 5.41) is 5.51.